The van der Waals surface area contributed by atoms with Gasteiger partial charge in [-0.05, 0) is 66.6 Å². The molecule has 7 heterocycles. The highest BCUT2D eigenvalue weighted by molar-refractivity contribution is 7.13. The molecule has 0 bridgehead atoms. The monoisotopic (exact) mass is 918 g/mol. The highest BCUT2D eigenvalue weighted by Crippen LogP contribution is 2.38. The lowest BCUT2D eigenvalue weighted by atomic mass is 9.90. The molecule has 4 aliphatic heterocycles. The second kappa shape index (κ2) is 19.0. The van der Waals surface area contributed by atoms with Crippen molar-refractivity contribution in [1.29, 1.82) is 0 Å². The summed E-state index contributed by atoms with van der Waals surface area (Å²) in [4.78, 5) is 55.2. The SMILES string of the molecule is Cc1ncsc1-c1ccc([C@H](C)NC(=O)[C@@H]2C[C@@H](O)CN2C(=O)[C@@H](c2cc(OCC(=O)N3CC[C@@H](N4CCN5c6cc(-c7ccccc7O)nnc6NC[C@H]5C4)[C@@H](C)C3)no2)C(C)C)cc1. The van der Waals surface area contributed by atoms with Gasteiger partial charge in [-0.1, -0.05) is 57.2 Å². The molecule has 3 saturated heterocycles. The normalized spacial score (nSPS) is 22.9. The summed E-state index contributed by atoms with van der Waals surface area (Å²) in [5.74, 6) is -0.383. The van der Waals surface area contributed by atoms with E-state index >= 15 is 0 Å². The molecule has 17 nitrogen and oxygen atoms in total. The molecule has 0 spiro atoms. The van der Waals surface area contributed by atoms with Gasteiger partial charge in [-0.25, -0.2) is 4.98 Å². The Morgan fingerprint density at radius 2 is 1.82 bits per heavy atom. The van der Waals surface area contributed by atoms with Gasteiger partial charge in [0.15, 0.2) is 18.2 Å². The molecule has 2 aromatic carbocycles. The summed E-state index contributed by atoms with van der Waals surface area (Å²) in [7, 11) is 0. The fourth-order valence-corrected chi connectivity index (χ4v) is 11.0. The van der Waals surface area contributed by atoms with E-state index in [1.165, 1.54) is 4.90 Å². The number of nitrogens with zero attached hydrogens (tertiary/aromatic N) is 8. The summed E-state index contributed by atoms with van der Waals surface area (Å²) < 4.78 is 11.5. The third-order valence-corrected chi connectivity index (χ3v) is 14.7. The zero-order valence-corrected chi connectivity index (χ0v) is 38.8. The summed E-state index contributed by atoms with van der Waals surface area (Å²) >= 11 is 1.58. The minimum atomic E-state index is -0.870. The Morgan fingerprint density at radius 1 is 1.02 bits per heavy atom. The van der Waals surface area contributed by atoms with E-state index < -0.39 is 18.1 Å². The number of carbonyl (C=O) groups excluding carboxylic acids is 3. The molecule has 66 heavy (non-hydrogen) atoms. The maximum absolute atomic E-state index is 14.2. The molecular weight excluding hydrogens is 861 g/mol. The molecule has 4 aliphatic rings. The Bertz CT molecular complexity index is 2550. The number of phenols is 1. The molecular formula is C48H58N10O7S. The smallest absolute Gasteiger partial charge is 0.260 e. The first-order valence-electron chi connectivity index (χ1n) is 22.9. The van der Waals surface area contributed by atoms with Gasteiger partial charge in [-0.15, -0.1) is 21.5 Å². The zero-order valence-electron chi connectivity index (χ0n) is 38.0. The number of carbonyl (C=O) groups is 3. The number of hydrogen-bond donors (Lipinski definition) is 4. The number of thiazole rings is 1. The van der Waals surface area contributed by atoms with Gasteiger partial charge in [0.05, 0.1) is 45.7 Å². The van der Waals surface area contributed by atoms with Gasteiger partial charge in [0.25, 0.3) is 11.8 Å². The Hall–Kier alpha value is -6.11. The summed E-state index contributed by atoms with van der Waals surface area (Å²) in [6.45, 7) is 14.1. The first-order chi connectivity index (χ1) is 31.8. The van der Waals surface area contributed by atoms with Crippen molar-refractivity contribution in [3.63, 3.8) is 0 Å². The summed E-state index contributed by atoms with van der Waals surface area (Å²) in [5.41, 5.74) is 7.03. The molecule has 0 aliphatic carbocycles. The van der Waals surface area contributed by atoms with Crippen LogP contribution in [0.2, 0.25) is 0 Å². The number of aliphatic hydroxyl groups excluding tert-OH is 1. The molecule has 3 fully saturated rings. The predicted octanol–water partition coefficient (Wildman–Crippen LogP) is 5.08. The molecule has 5 aromatic rings. The average Bonchev–Trinajstić information content (AvgIpc) is 4.07. The van der Waals surface area contributed by atoms with E-state index in [2.05, 4.69) is 47.7 Å². The van der Waals surface area contributed by atoms with Crippen LogP contribution in [-0.2, 0) is 14.4 Å². The largest absolute Gasteiger partial charge is 0.507 e. The number of fused-ring (bicyclic) bond motifs is 3. The number of ether oxygens (including phenoxy) is 1. The van der Waals surface area contributed by atoms with Crippen LogP contribution in [0.25, 0.3) is 21.7 Å². The molecule has 3 amide bonds. The van der Waals surface area contributed by atoms with Crippen molar-refractivity contribution >= 4 is 40.6 Å². The summed E-state index contributed by atoms with van der Waals surface area (Å²) in [6, 6.07) is 18.0. The average molecular weight is 919 g/mol. The number of nitrogens with one attached hydrogen (secondary N) is 2. The van der Waals surface area contributed by atoms with Crippen molar-refractivity contribution in [2.45, 2.75) is 83.6 Å². The molecule has 7 atom stereocenters. The molecule has 9 rings (SSSR count). The fraction of sp³-hybridized carbons (Fsp3) is 0.479. The van der Waals surface area contributed by atoms with Crippen LogP contribution in [0.1, 0.15) is 69.5 Å². The predicted molar refractivity (Wildman–Crippen MR) is 249 cm³/mol. The summed E-state index contributed by atoms with van der Waals surface area (Å²) in [5, 5.41) is 40.6. The number of hydrogen-bond acceptors (Lipinski definition) is 15. The van der Waals surface area contributed by atoms with Gasteiger partial charge in [-0.2, -0.15) is 0 Å². The topological polar surface area (TPSA) is 203 Å². The van der Waals surface area contributed by atoms with Crippen LogP contribution in [0, 0.1) is 18.8 Å². The lowest BCUT2D eigenvalue weighted by Crippen LogP contribution is -2.62. The van der Waals surface area contributed by atoms with Crippen molar-refractivity contribution in [3.8, 4) is 33.3 Å². The highest BCUT2D eigenvalue weighted by atomic mass is 32.1. The van der Waals surface area contributed by atoms with Crippen LogP contribution >= 0.6 is 11.3 Å². The number of phenolic OH excluding ortho intramolecular Hbond substituents is 1. The number of piperidine rings is 1. The number of piperazine rings is 1. The lowest BCUT2D eigenvalue weighted by Gasteiger charge is -2.50. The van der Waals surface area contributed by atoms with Crippen molar-refractivity contribution in [2.75, 3.05) is 62.6 Å². The quantitative estimate of drug-likeness (QED) is 0.129. The number of anilines is 2. The van der Waals surface area contributed by atoms with Gasteiger partial charge < -0.3 is 44.8 Å². The van der Waals surface area contributed by atoms with E-state index in [9.17, 15) is 24.6 Å². The van der Waals surface area contributed by atoms with Crippen LogP contribution < -0.4 is 20.3 Å². The van der Waals surface area contributed by atoms with Gasteiger partial charge in [0, 0.05) is 69.9 Å². The standard InChI is InChI=1S/C48H58N10O7S/c1-27(2)44(48(63)58-24-34(59)18-39(58)47(62)51-29(4)31-10-12-32(13-11-31)45-30(5)50-26-66-45)41-20-42(54-65-41)64-25-43(61)56-15-14-37(28(3)22-56)55-16-17-57-33(23-55)21-49-46-38(57)19-36(52-53-46)35-8-6-7-9-40(35)60/h6-13,19-20,26-29,33-34,37,39,44,59-60H,14-18,21-25H2,1-5H3,(H,49,53)(H,51,62)/t28-,29-,33-,34+,37+,39-,44+/m0/s1. The van der Waals surface area contributed by atoms with Crippen LogP contribution in [0.3, 0.4) is 0 Å². The molecule has 0 radical (unpaired) electrons. The van der Waals surface area contributed by atoms with E-state index in [1.54, 1.807) is 29.5 Å². The van der Waals surface area contributed by atoms with Gasteiger partial charge in [-0.3, -0.25) is 19.3 Å². The van der Waals surface area contributed by atoms with Crippen molar-refractivity contribution < 1.29 is 33.9 Å². The van der Waals surface area contributed by atoms with Crippen molar-refractivity contribution in [1.82, 2.24) is 40.4 Å². The fourth-order valence-electron chi connectivity index (χ4n) is 10.2. The third kappa shape index (κ3) is 9.18. The molecule has 348 valence electrons. The van der Waals surface area contributed by atoms with Gasteiger partial charge in [0.1, 0.15) is 17.7 Å². The van der Waals surface area contributed by atoms with Crippen LogP contribution in [0.4, 0.5) is 11.5 Å². The minimum Gasteiger partial charge on any atom is -0.507 e. The molecule has 0 unspecified atom stereocenters. The second-order valence-corrected chi connectivity index (χ2v) is 19.3. The molecule has 0 saturated carbocycles. The van der Waals surface area contributed by atoms with Gasteiger partial charge >= 0.3 is 0 Å². The van der Waals surface area contributed by atoms with Crippen LogP contribution in [0.5, 0.6) is 11.6 Å². The first kappa shape index (κ1) is 45.1. The number of amides is 3. The van der Waals surface area contributed by atoms with E-state index in [-0.39, 0.29) is 78.6 Å². The highest BCUT2D eigenvalue weighted by Gasteiger charge is 2.44. The second-order valence-electron chi connectivity index (χ2n) is 18.5. The number of aromatic hydroxyl groups is 1. The van der Waals surface area contributed by atoms with Gasteiger partial charge in [0.2, 0.25) is 11.8 Å². The number of aromatic nitrogens is 4. The van der Waals surface area contributed by atoms with E-state index in [0.29, 0.717) is 30.4 Å². The first-order valence-corrected chi connectivity index (χ1v) is 23.8. The number of β-amino-alcohol motifs (C(OH)–C–C–N with tert-alkyl or cyclic N) is 1. The molecule has 3 aromatic heterocycles. The minimum absolute atomic E-state index is 0.0133. The zero-order chi connectivity index (χ0) is 46.2. The van der Waals surface area contributed by atoms with E-state index in [1.807, 2.05) is 80.6 Å². The summed E-state index contributed by atoms with van der Waals surface area (Å²) in [6.07, 6.45) is 0.0929. The third-order valence-electron chi connectivity index (χ3n) is 13.7. The van der Waals surface area contributed by atoms with E-state index in [4.69, 9.17) is 9.26 Å². The Balaban J connectivity index is 0.768. The number of rotatable bonds is 12. The van der Waals surface area contributed by atoms with Crippen LogP contribution in [0.15, 0.2) is 70.7 Å². The lowest BCUT2D eigenvalue weighted by molar-refractivity contribution is -0.141. The number of likely N-dealkylation sites (tertiary alicyclic amines) is 2. The van der Waals surface area contributed by atoms with Crippen molar-refractivity contribution in [2.24, 2.45) is 11.8 Å². The maximum Gasteiger partial charge on any atom is 0.260 e. The maximum atomic E-state index is 14.2. The van der Waals surface area contributed by atoms with Crippen molar-refractivity contribution in [3.05, 3.63) is 83.2 Å². The number of para-hydroxylation sites is 1. The van der Waals surface area contributed by atoms with Crippen LogP contribution in [-0.4, -0.2) is 140 Å². The number of aliphatic hydroxyl groups is 1. The molecule has 18 heteroatoms. The molecule has 4 N–H and O–H groups in total. The van der Waals surface area contributed by atoms with E-state index in [0.717, 1.165) is 65.8 Å². The Labute approximate surface area is 388 Å². The Morgan fingerprint density at radius 3 is 2.56 bits per heavy atom. The number of aryl methyl sites for hydroxylation is 1. The number of benzene rings is 2. The Kier molecular flexibility index (Phi) is 13.0.